The number of phosphoric acid groups is 2. The average Bonchev–Trinajstić information content (AvgIpc) is 3.69. The van der Waals surface area contributed by atoms with Crippen molar-refractivity contribution < 1.29 is 80.2 Å². The van der Waals surface area contributed by atoms with E-state index < -0.39 is 97.5 Å². The van der Waals surface area contributed by atoms with Crippen molar-refractivity contribution in [3.8, 4) is 0 Å². The number of aliphatic hydroxyl groups is 1. The number of unbranched alkanes of at least 4 members (excludes halogenated alkanes) is 32. The molecule has 6 atom stereocenters. The highest BCUT2D eigenvalue weighted by molar-refractivity contribution is 7.47. The molecule has 0 aromatic heterocycles. The first kappa shape index (κ1) is 87.1. The molecule has 528 valence electrons. The normalized spacial score (nSPS) is 14.6. The van der Waals surface area contributed by atoms with Gasteiger partial charge in [0.25, 0.3) is 0 Å². The lowest BCUT2D eigenvalue weighted by molar-refractivity contribution is -0.161. The lowest BCUT2D eigenvalue weighted by Gasteiger charge is -2.21. The van der Waals surface area contributed by atoms with Gasteiger partial charge in [-0.15, -0.1) is 0 Å². The summed E-state index contributed by atoms with van der Waals surface area (Å²) in [5.74, 6) is 0.762. The van der Waals surface area contributed by atoms with E-state index in [1.807, 2.05) is 0 Å². The van der Waals surface area contributed by atoms with Crippen LogP contribution >= 0.6 is 15.6 Å². The Hall–Kier alpha value is -1.94. The molecule has 0 aromatic carbocycles. The second kappa shape index (κ2) is 59.8. The van der Waals surface area contributed by atoms with Crippen molar-refractivity contribution in [1.29, 1.82) is 0 Å². The maximum Gasteiger partial charge on any atom is 0.472 e. The first-order chi connectivity index (χ1) is 42.6. The number of rotatable bonds is 67. The highest BCUT2D eigenvalue weighted by Crippen LogP contribution is 2.45. The zero-order chi connectivity index (χ0) is 66.1. The minimum Gasteiger partial charge on any atom is -0.462 e. The summed E-state index contributed by atoms with van der Waals surface area (Å²) >= 11 is 0. The number of carbonyl (C=O) groups excluding carboxylic acids is 4. The standard InChI is InChI=1S/C70H136O17P2/c1-9-63(8)49-41-33-26-29-35-43-51-68(73)81-57-66(87-70(75)53-45-37-28-25-32-40-48-62(6)7)59-85-89(78,79)83-55-64(71)54-82-88(76,77)84-58-65(56-80-67(72)50-42-34-27-24-31-39-47-61(4)5)86-69(74)52-44-36-23-21-19-17-15-13-11-10-12-14-16-18-20-22-30-38-46-60(2)3/h60-66,71H,9-59H2,1-8H3,(H,76,77)(H,78,79)/t63?,64?,65-,66-/m1/s1. The zero-order valence-electron chi connectivity index (χ0n) is 58.1. The van der Waals surface area contributed by atoms with Crippen LogP contribution in [0.15, 0.2) is 0 Å². The van der Waals surface area contributed by atoms with Crippen molar-refractivity contribution in [1.82, 2.24) is 0 Å². The van der Waals surface area contributed by atoms with Crippen LogP contribution in [-0.4, -0.2) is 96.7 Å². The molecule has 0 aliphatic heterocycles. The molecule has 0 saturated heterocycles. The third kappa shape index (κ3) is 63.2. The summed E-state index contributed by atoms with van der Waals surface area (Å²) < 4.78 is 68.1. The Bertz CT molecular complexity index is 1770. The Morgan fingerprint density at radius 3 is 0.798 bits per heavy atom. The summed E-state index contributed by atoms with van der Waals surface area (Å²) in [7, 11) is -9.90. The van der Waals surface area contributed by atoms with Crippen LogP contribution in [0.1, 0.15) is 344 Å². The number of ether oxygens (including phenoxy) is 4. The maximum atomic E-state index is 13.0. The van der Waals surface area contributed by atoms with E-state index in [-0.39, 0.29) is 25.7 Å². The number of aliphatic hydroxyl groups excluding tert-OH is 1. The molecule has 4 unspecified atom stereocenters. The molecular weight excluding hydrogens is 1170 g/mol. The van der Waals surface area contributed by atoms with Crippen LogP contribution < -0.4 is 0 Å². The second-order valence-corrected chi connectivity index (χ2v) is 29.8. The fraction of sp³-hybridized carbons (Fsp3) is 0.943. The van der Waals surface area contributed by atoms with Crippen LogP contribution in [-0.2, 0) is 65.4 Å². The monoisotopic (exact) mass is 1310 g/mol. The van der Waals surface area contributed by atoms with Crippen LogP contribution in [0.2, 0.25) is 0 Å². The van der Waals surface area contributed by atoms with Crippen molar-refractivity contribution in [2.75, 3.05) is 39.6 Å². The van der Waals surface area contributed by atoms with Crippen LogP contribution in [0.3, 0.4) is 0 Å². The van der Waals surface area contributed by atoms with Crippen molar-refractivity contribution in [3.05, 3.63) is 0 Å². The molecular formula is C70H136O17P2. The first-order valence-corrected chi connectivity index (χ1v) is 39.2. The Kier molecular flexibility index (Phi) is 58.5. The van der Waals surface area contributed by atoms with E-state index in [1.165, 1.54) is 135 Å². The number of esters is 4. The summed E-state index contributed by atoms with van der Waals surface area (Å²) in [6.45, 7) is 14.0. The Morgan fingerprint density at radius 1 is 0.315 bits per heavy atom. The number of hydrogen-bond donors (Lipinski definition) is 3. The highest BCUT2D eigenvalue weighted by Gasteiger charge is 2.30. The van der Waals surface area contributed by atoms with Crippen molar-refractivity contribution >= 4 is 39.5 Å². The SMILES string of the molecule is CCC(C)CCCCCCCCC(=O)OC[C@H](COP(=O)(O)OCC(O)COP(=O)(O)OC[C@@H](COC(=O)CCCCCCCCC(C)C)OC(=O)CCCCCCCCCCCCCCCCCCCCC(C)C)OC(=O)CCCCCCCCC(C)C. The van der Waals surface area contributed by atoms with Crippen molar-refractivity contribution in [2.24, 2.45) is 23.7 Å². The molecule has 0 saturated carbocycles. The molecule has 0 fully saturated rings. The van der Waals surface area contributed by atoms with E-state index >= 15 is 0 Å². The third-order valence-electron chi connectivity index (χ3n) is 16.4. The van der Waals surface area contributed by atoms with Gasteiger partial charge in [0.15, 0.2) is 12.2 Å². The summed E-state index contributed by atoms with van der Waals surface area (Å²) in [6.07, 6.45) is 42.3. The van der Waals surface area contributed by atoms with Crippen LogP contribution in [0.25, 0.3) is 0 Å². The van der Waals surface area contributed by atoms with Crippen molar-refractivity contribution in [2.45, 2.75) is 363 Å². The van der Waals surface area contributed by atoms with Gasteiger partial charge < -0.3 is 33.8 Å². The zero-order valence-corrected chi connectivity index (χ0v) is 59.8. The van der Waals surface area contributed by atoms with E-state index in [9.17, 15) is 43.2 Å². The van der Waals surface area contributed by atoms with Gasteiger partial charge in [0.2, 0.25) is 0 Å². The Morgan fingerprint density at radius 2 is 0.539 bits per heavy atom. The first-order valence-electron chi connectivity index (χ1n) is 36.2. The Balaban J connectivity index is 5.13. The van der Waals surface area contributed by atoms with Gasteiger partial charge in [0, 0.05) is 25.7 Å². The van der Waals surface area contributed by atoms with Crippen LogP contribution in [0.5, 0.6) is 0 Å². The van der Waals surface area contributed by atoms with Gasteiger partial charge in [-0.2, -0.15) is 0 Å². The molecule has 89 heavy (non-hydrogen) atoms. The lowest BCUT2D eigenvalue weighted by Crippen LogP contribution is -2.30. The Labute approximate surface area is 543 Å². The molecule has 0 aliphatic rings. The molecule has 17 nitrogen and oxygen atoms in total. The molecule has 3 N–H and O–H groups in total. The highest BCUT2D eigenvalue weighted by atomic mass is 31.2. The summed E-state index contributed by atoms with van der Waals surface area (Å²) in [6, 6.07) is 0. The van der Waals surface area contributed by atoms with Gasteiger partial charge in [0.05, 0.1) is 26.4 Å². The summed E-state index contributed by atoms with van der Waals surface area (Å²) in [4.78, 5) is 72.4. The molecule has 0 radical (unpaired) electrons. The second-order valence-electron chi connectivity index (χ2n) is 26.9. The maximum absolute atomic E-state index is 13.0. The minimum absolute atomic E-state index is 0.101. The van der Waals surface area contributed by atoms with E-state index in [2.05, 4.69) is 55.4 Å². The van der Waals surface area contributed by atoms with E-state index in [1.54, 1.807) is 0 Å². The predicted octanol–water partition coefficient (Wildman–Crippen LogP) is 19.7. The fourth-order valence-corrected chi connectivity index (χ4v) is 12.0. The molecule has 0 rings (SSSR count). The van der Waals surface area contributed by atoms with Crippen LogP contribution in [0.4, 0.5) is 0 Å². The summed E-state index contributed by atoms with van der Waals surface area (Å²) in [5, 5.41) is 10.6. The molecule has 0 amide bonds. The topological polar surface area (TPSA) is 237 Å². The summed E-state index contributed by atoms with van der Waals surface area (Å²) in [5.41, 5.74) is 0. The molecule has 0 spiro atoms. The molecule has 0 aromatic rings. The number of phosphoric ester groups is 2. The van der Waals surface area contributed by atoms with Gasteiger partial charge in [-0.3, -0.25) is 37.3 Å². The van der Waals surface area contributed by atoms with E-state index in [4.69, 9.17) is 37.0 Å². The average molecular weight is 1310 g/mol. The molecule has 0 aliphatic carbocycles. The van der Waals surface area contributed by atoms with E-state index in [0.29, 0.717) is 37.5 Å². The number of carbonyl (C=O) groups is 4. The third-order valence-corrected chi connectivity index (χ3v) is 18.3. The smallest absolute Gasteiger partial charge is 0.462 e. The molecule has 0 bridgehead atoms. The lowest BCUT2D eigenvalue weighted by atomic mass is 10.00. The largest absolute Gasteiger partial charge is 0.472 e. The van der Waals surface area contributed by atoms with Gasteiger partial charge in [-0.1, -0.05) is 293 Å². The van der Waals surface area contributed by atoms with E-state index in [0.717, 1.165) is 115 Å². The van der Waals surface area contributed by atoms with Gasteiger partial charge in [0.1, 0.15) is 19.3 Å². The number of hydrogen-bond acceptors (Lipinski definition) is 15. The van der Waals surface area contributed by atoms with Gasteiger partial charge in [-0.25, -0.2) is 9.13 Å². The van der Waals surface area contributed by atoms with Crippen molar-refractivity contribution in [3.63, 3.8) is 0 Å². The molecule has 19 heteroatoms. The fourth-order valence-electron chi connectivity index (χ4n) is 10.5. The predicted molar refractivity (Wildman–Crippen MR) is 358 cm³/mol. The van der Waals surface area contributed by atoms with Gasteiger partial charge in [-0.05, 0) is 49.4 Å². The van der Waals surface area contributed by atoms with Gasteiger partial charge >= 0.3 is 39.5 Å². The minimum atomic E-state index is -4.95. The quantitative estimate of drug-likeness (QED) is 0.0222. The van der Waals surface area contributed by atoms with Crippen LogP contribution in [0, 0.1) is 23.7 Å². The molecule has 0 heterocycles.